The molecule has 2 amide bonds. The molecule has 3 saturated heterocycles. The largest absolute Gasteiger partial charge is 0.490 e. The summed E-state index contributed by atoms with van der Waals surface area (Å²) in [5.74, 6) is -0.920. The minimum absolute atomic E-state index is 0.0134. The van der Waals surface area contributed by atoms with Gasteiger partial charge in [-0.15, -0.1) is 0 Å². The number of nitrogens with one attached hydrogen (secondary N) is 1. The van der Waals surface area contributed by atoms with Crippen molar-refractivity contribution in [2.24, 2.45) is 0 Å². The summed E-state index contributed by atoms with van der Waals surface area (Å²) in [5, 5.41) is 16.8. The third-order valence-corrected chi connectivity index (χ3v) is 7.90. The highest BCUT2D eigenvalue weighted by Crippen LogP contribution is 2.36. The van der Waals surface area contributed by atoms with E-state index in [1.54, 1.807) is 30.6 Å². The first-order valence-corrected chi connectivity index (χ1v) is 14.5. The molecule has 47 heavy (non-hydrogen) atoms. The van der Waals surface area contributed by atoms with Crippen LogP contribution in [0.2, 0.25) is 0 Å². The molecule has 3 aliphatic rings. The van der Waals surface area contributed by atoms with E-state index in [1.165, 1.54) is 37.9 Å². The SMILES string of the molecule is COc1ccc(NC(=O)N2C3CC2CN(c2ccc(-c4cc(OCC(C)(C)OC(=O)C(F)(F)F)cn5ncc(C#N)c45)cn2)C3)cn1. The highest BCUT2D eigenvalue weighted by atomic mass is 19.4. The van der Waals surface area contributed by atoms with Gasteiger partial charge in [0.05, 0.1) is 54.6 Å². The average molecular weight is 651 g/mol. The second kappa shape index (κ2) is 12.0. The Labute approximate surface area is 266 Å². The first-order valence-electron chi connectivity index (χ1n) is 14.5. The van der Waals surface area contributed by atoms with Gasteiger partial charge in [-0.05, 0) is 44.5 Å². The second-order valence-electron chi connectivity index (χ2n) is 11.8. The molecule has 2 unspecified atom stereocenters. The zero-order chi connectivity index (χ0) is 33.5. The molecule has 7 heterocycles. The zero-order valence-electron chi connectivity index (χ0n) is 25.5. The maximum atomic E-state index is 13.0. The lowest BCUT2D eigenvalue weighted by atomic mass is 9.88. The molecule has 4 aromatic heterocycles. The number of esters is 1. The molecule has 4 aromatic rings. The van der Waals surface area contributed by atoms with Gasteiger partial charge in [0, 0.05) is 36.5 Å². The molecular formula is C31H29F3N8O5. The van der Waals surface area contributed by atoms with Crippen LogP contribution in [-0.2, 0) is 9.53 Å². The van der Waals surface area contributed by atoms with Gasteiger partial charge >= 0.3 is 18.2 Å². The van der Waals surface area contributed by atoms with E-state index in [-0.39, 0.29) is 30.5 Å². The molecule has 16 heteroatoms. The van der Waals surface area contributed by atoms with Crippen LogP contribution in [0.5, 0.6) is 11.6 Å². The summed E-state index contributed by atoms with van der Waals surface area (Å²) < 4.78 is 55.0. The topological polar surface area (TPSA) is 147 Å². The number of nitriles is 1. The van der Waals surface area contributed by atoms with Crippen LogP contribution in [0.15, 0.2) is 55.1 Å². The van der Waals surface area contributed by atoms with E-state index >= 15 is 0 Å². The number of carbonyl (C=O) groups excluding carboxylic acids is 2. The van der Waals surface area contributed by atoms with Crippen LogP contribution >= 0.6 is 0 Å². The van der Waals surface area contributed by atoms with E-state index in [4.69, 9.17) is 9.47 Å². The minimum atomic E-state index is -5.14. The summed E-state index contributed by atoms with van der Waals surface area (Å²) in [5.41, 5.74) is 0.966. The number of anilines is 2. The first kappa shape index (κ1) is 31.4. The Balaban J connectivity index is 1.15. The van der Waals surface area contributed by atoms with Crippen molar-refractivity contribution < 1.29 is 37.0 Å². The molecule has 3 aliphatic heterocycles. The Hall–Kier alpha value is -5.59. The lowest BCUT2D eigenvalue weighted by Gasteiger charge is -2.56. The van der Waals surface area contributed by atoms with E-state index in [1.807, 2.05) is 17.0 Å². The summed E-state index contributed by atoms with van der Waals surface area (Å²) in [6, 6.07) is 10.7. The Morgan fingerprint density at radius 1 is 1.09 bits per heavy atom. The van der Waals surface area contributed by atoms with Crippen LogP contribution in [0, 0.1) is 11.3 Å². The Bertz CT molecular complexity index is 1840. The third kappa shape index (κ3) is 6.41. The van der Waals surface area contributed by atoms with Gasteiger partial charge in [-0.3, -0.25) is 0 Å². The summed E-state index contributed by atoms with van der Waals surface area (Å²) in [6.07, 6.45) is 1.82. The van der Waals surface area contributed by atoms with E-state index in [0.29, 0.717) is 52.7 Å². The quantitative estimate of drug-likeness (QED) is 0.272. The molecule has 0 aliphatic carbocycles. The monoisotopic (exact) mass is 650 g/mol. The van der Waals surface area contributed by atoms with Gasteiger partial charge in [-0.1, -0.05) is 0 Å². The number of alkyl halides is 3. The molecule has 2 atom stereocenters. The number of halogens is 3. The van der Waals surface area contributed by atoms with Gasteiger partial charge in [0.2, 0.25) is 5.88 Å². The number of piperidine rings is 1. The van der Waals surface area contributed by atoms with Gasteiger partial charge < -0.3 is 29.3 Å². The van der Waals surface area contributed by atoms with Crippen LogP contribution in [0.25, 0.3) is 16.6 Å². The number of aromatic nitrogens is 4. The highest BCUT2D eigenvalue weighted by Gasteiger charge is 2.48. The standard InChI is InChI=1S/C31H29F3N8O5/c1-30(2,47-28(43)31(32,33)34)17-46-23-9-24(27-19(10-35)12-38-41(27)16-23)18-4-6-25(36-11-18)40-14-21-8-22(15-40)42(21)29(44)39-20-5-7-26(45-3)37-13-20/h4-7,9,11-13,16,21-22H,8,14-15,17H2,1-3H3,(H,39,44). The Morgan fingerprint density at radius 3 is 2.47 bits per heavy atom. The predicted molar refractivity (Wildman–Crippen MR) is 161 cm³/mol. The molecule has 2 bridgehead atoms. The lowest BCUT2D eigenvalue weighted by Crippen LogP contribution is -2.71. The molecule has 13 nitrogen and oxygen atoms in total. The second-order valence-corrected chi connectivity index (χ2v) is 11.8. The van der Waals surface area contributed by atoms with Crippen LogP contribution in [0.1, 0.15) is 25.8 Å². The summed E-state index contributed by atoms with van der Waals surface area (Å²) in [7, 11) is 1.52. The first-order chi connectivity index (χ1) is 22.3. The number of hydrogen-bond acceptors (Lipinski definition) is 10. The number of pyridine rings is 3. The summed E-state index contributed by atoms with van der Waals surface area (Å²) in [4.78, 5) is 37.1. The molecule has 7 rings (SSSR count). The molecule has 3 fully saturated rings. The van der Waals surface area contributed by atoms with Crippen molar-refractivity contribution in [3.63, 3.8) is 0 Å². The van der Waals surface area contributed by atoms with Crippen LogP contribution in [0.3, 0.4) is 0 Å². The fourth-order valence-corrected chi connectivity index (χ4v) is 5.70. The number of ether oxygens (including phenoxy) is 3. The molecular weight excluding hydrogens is 621 g/mol. The number of methoxy groups -OCH3 is 1. The number of rotatable bonds is 8. The number of hydrogen-bond donors (Lipinski definition) is 1. The molecule has 0 saturated carbocycles. The summed E-state index contributed by atoms with van der Waals surface area (Å²) in [6.45, 7) is 3.41. The predicted octanol–water partition coefficient (Wildman–Crippen LogP) is 4.43. The lowest BCUT2D eigenvalue weighted by molar-refractivity contribution is -0.213. The van der Waals surface area contributed by atoms with Crippen molar-refractivity contribution in [3.8, 4) is 28.8 Å². The van der Waals surface area contributed by atoms with Gasteiger partial charge in [-0.2, -0.15) is 23.5 Å². The molecule has 0 radical (unpaired) electrons. The van der Waals surface area contributed by atoms with Gasteiger partial charge in [0.25, 0.3) is 0 Å². The molecule has 1 N–H and O–H groups in total. The Kier molecular flexibility index (Phi) is 8.00. The average Bonchev–Trinajstić information content (AvgIpc) is 3.46. The number of carbonyl (C=O) groups is 2. The Morgan fingerprint density at radius 2 is 1.85 bits per heavy atom. The minimum Gasteiger partial charge on any atom is -0.488 e. The number of urea groups is 1. The number of fused-ring (bicyclic) bond motifs is 3. The van der Waals surface area contributed by atoms with E-state index in [0.717, 1.165) is 6.42 Å². The van der Waals surface area contributed by atoms with Crippen LogP contribution in [0.4, 0.5) is 29.5 Å². The van der Waals surface area contributed by atoms with Crippen LogP contribution < -0.4 is 19.7 Å². The van der Waals surface area contributed by atoms with Crippen molar-refractivity contribution in [1.29, 1.82) is 5.26 Å². The van der Waals surface area contributed by atoms with Crippen LogP contribution in [-0.4, -0.2) is 87.1 Å². The van der Waals surface area contributed by atoms with E-state index in [9.17, 15) is 28.0 Å². The van der Waals surface area contributed by atoms with E-state index in [2.05, 4.69) is 36.1 Å². The van der Waals surface area contributed by atoms with Gasteiger partial charge in [0.15, 0.2) is 0 Å². The van der Waals surface area contributed by atoms with Crippen molar-refractivity contribution in [1.82, 2.24) is 24.5 Å². The molecule has 0 spiro atoms. The fourth-order valence-electron chi connectivity index (χ4n) is 5.70. The third-order valence-electron chi connectivity index (χ3n) is 7.90. The van der Waals surface area contributed by atoms with Crippen molar-refractivity contribution in [2.75, 3.05) is 37.0 Å². The zero-order valence-corrected chi connectivity index (χ0v) is 25.5. The summed E-state index contributed by atoms with van der Waals surface area (Å²) >= 11 is 0. The van der Waals surface area contributed by atoms with Gasteiger partial charge in [0.1, 0.15) is 29.8 Å². The van der Waals surface area contributed by atoms with Crippen molar-refractivity contribution in [3.05, 3.63) is 60.7 Å². The maximum absolute atomic E-state index is 13.0. The fraction of sp³-hybridized carbons (Fsp3) is 0.355. The maximum Gasteiger partial charge on any atom is 0.490 e. The van der Waals surface area contributed by atoms with Crippen molar-refractivity contribution >= 4 is 29.0 Å². The normalized spacial score (nSPS) is 17.5. The number of amides is 2. The number of piperazine rings is 1. The smallest absolute Gasteiger partial charge is 0.488 e. The molecule has 0 aromatic carbocycles. The van der Waals surface area contributed by atoms with Gasteiger partial charge in [-0.25, -0.2) is 24.1 Å². The molecule has 244 valence electrons. The highest BCUT2D eigenvalue weighted by molar-refractivity contribution is 5.90. The number of nitrogens with zero attached hydrogens (tertiary/aromatic N) is 7. The van der Waals surface area contributed by atoms with Crippen molar-refractivity contribution in [2.45, 2.75) is 44.1 Å². The van der Waals surface area contributed by atoms with E-state index < -0.39 is 17.7 Å².